The molecule has 0 atom stereocenters. The third-order valence-electron chi connectivity index (χ3n) is 10.8. The fraction of sp³-hybridized carbons (Fsp3) is 0.133. The third-order valence-corrected chi connectivity index (χ3v) is 10.8. The van der Waals surface area contributed by atoms with Gasteiger partial charge in [0.15, 0.2) is 17.5 Å². The summed E-state index contributed by atoms with van der Waals surface area (Å²) in [6.45, 7) is 0. The lowest BCUT2D eigenvalue weighted by molar-refractivity contribution is 0.353. The zero-order valence-corrected chi connectivity index (χ0v) is 27.1. The van der Waals surface area contributed by atoms with Gasteiger partial charge in [-0.3, -0.25) is 0 Å². The summed E-state index contributed by atoms with van der Waals surface area (Å²) in [6.07, 6.45) is 6.37. The average Bonchev–Trinajstić information content (AvgIpc) is 3.68. The second-order valence-corrected chi connectivity index (χ2v) is 13.5. The third kappa shape index (κ3) is 4.48. The van der Waals surface area contributed by atoms with Crippen molar-refractivity contribution in [1.29, 1.82) is 0 Å². The first kappa shape index (κ1) is 28.2. The van der Waals surface area contributed by atoms with Crippen molar-refractivity contribution in [3.05, 3.63) is 151 Å². The van der Waals surface area contributed by atoms with Gasteiger partial charge < -0.3 is 4.42 Å². The van der Waals surface area contributed by atoms with Crippen LogP contribution >= 0.6 is 0 Å². The average molecular weight is 632 g/mol. The fourth-order valence-corrected chi connectivity index (χ4v) is 8.45. The van der Waals surface area contributed by atoms with Crippen LogP contribution in [0.5, 0.6) is 0 Å². The van der Waals surface area contributed by atoms with Crippen LogP contribution in [0.4, 0.5) is 0 Å². The zero-order valence-electron chi connectivity index (χ0n) is 27.1. The van der Waals surface area contributed by atoms with Gasteiger partial charge in [-0.2, -0.15) is 0 Å². The molecule has 0 aliphatic heterocycles. The minimum absolute atomic E-state index is 0.140. The topological polar surface area (TPSA) is 51.8 Å². The first-order chi connectivity index (χ1) is 24.2. The number of fused-ring (bicyclic) bond motifs is 8. The predicted molar refractivity (Wildman–Crippen MR) is 198 cm³/mol. The van der Waals surface area contributed by atoms with E-state index >= 15 is 0 Å². The summed E-state index contributed by atoms with van der Waals surface area (Å²) >= 11 is 0. The maximum Gasteiger partial charge on any atom is 0.164 e. The Morgan fingerprint density at radius 2 is 1.02 bits per heavy atom. The lowest BCUT2D eigenvalue weighted by atomic mass is 9.68. The van der Waals surface area contributed by atoms with E-state index in [4.69, 9.17) is 19.4 Å². The van der Waals surface area contributed by atoms with Crippen molar-refractivity contribution in [2.24, 2.45) is 0 Å². The van der Waals surface area contributed by atoms with Crippen LogP contribution in [0.25, 0.3) is 78.4 Å². The van der Waals surface area contributed by atoms with Crippen LogP contribution in [-0.4, -0.2) is 15.0 Å². The second-order valence-electron chi connectivity index (χ2n) is 13.5. The molecular weight excluding hydrogens is 599 g/mol. The zero-order chi connectivity index (χ0) is 32.4. The van der Waals surface area contributed by atoms with Crippen LogP contribution in [0.3, 0.4) is 0 Å². The molecule has 4 heteroatoms. The molecule has 6 aromatic carbocycles. The van der Waals surface area contributed by atoms with Gasteiger partial charge in [-0.1, -0.05) is 135 Å². The highest BCUT2D eigenvalue weighted by molar-refractivity contribution is 6.06. The Balaban J connectivity index is 1.08. The number of nitrogens with zero attached hydrogens (tertiary/aromatic N) is 3. The minimum Gasteiger partial charge on any atom is -0.456 e. The van der Waals surface area contributed by atoms with Gasteiger partial charge in [0.25, 0.3) is 0 Å². The van der Waals surface area contributed by atoms with E-state index in [-0.39, 0.29) is 5.41 Å². The van der Waals surface area contributed by atoms with Gasteiger partial charge in [-0.25, -0.2) is 15.0 Å². The number of rotatable bonds is 4. The molecule has 2 aliphatic carbocycles. The molecule has 4 nitrogen and oxygen atoms in total. The molecule has 2 heterocycles. The number of benzene rings is 6. The van der Waals surface area contributed by atoms with Crippen molar-refractivity contribution >= 4 is 21.9 Å². The summed E-state index contributed by atoms with van der Waals surface area (Å²) < 4.78 is 6.10. The van der Waals surface area contributed by atoms with Crippen molar-refractivity contribution in [2.45, 2.75) is 37.5 Å². The first-order valence-corrected chi connectivity index (χ1v) is 17.3. The Hall–Kier alpha value is -5.87. The van der Waals surface area contributed by atoms with Crippen molar-refractivity contribution in [3.63, 3.8) is 0 Å². The molecule has 0 bridgehead atoms. The van der Waals surface area contributed by atoms with Crippen LogP contribution in [0, 0.1) is 0 Å². The van der Waals surface area contributed by atoms with Gasteiger partial charge >= 0.3 is 0 Å². The Bertz CT molecular complexity index is 2520. The molecule has 1 spiro atoms. The van der Waals surface area contributed by atoms with Gasteiger partial charge in [-0.15, -0.1) is 0 Å². The van der Waals surface area contributed by atoms with Gasteiger partial charge in [0.1, 0.15) is 11.2 Å². The van der Waals surface area contributed by atoms with Crippen LogP contribution < -0.4 is 0 Å². The summed E-state index contributed by atoms with van der Waals surface area (Å²) in [4.78, 5) is 15.1. The molecule has 2 aliphatic rings. The summed E-state index contributed by atoms with van der Waals surface area (Å²) in [5.41, 5.74) is 13.0. The molecule has 8 aromatic rings. The largest absolute Gasteiger partial charge is 0.456 e. The summed E-state index contributed by atoms with van der Waals surface area (Å²) in [5, 5.41) is 2.13. The number of hydrogen-bond donors (Lipinski definition) is 0. The second kappa shape index (κ2) is 11.1. The van der Waals surface area contributed by atoms with E-state index in [0.717, 1.165) is 38.6 Å². The van der Waals surface area contributed by atoms with Crippen LogP contribution in [0.2, 0.25) is 0 Å². The molecule has 0 radical (unpaired) electrons. The predicted octanol–water partition coefficient (Wildman–Crippen LogP) is 11.7. The molecule has 0 unspecified atom stereocenters. The minimum atomic E-state index is 0.140. The standard InChI is InChI=1S/C45H33N3O/c1-3-12-30(13-4-1)42-46-43(48-44(47-42)32-24-25-40-36(28-32)34-14-6-8-19-39(34)49-40)31-22-20-29(21-23-31)33-16-11-18-38-41(33)35-15-5-7-17-37(35)45(38)26-9-2-10-27-45/h1,3-8,11-25,28H,2,9-10,26-27H2. The molecule has 1 saturated carbocycles. The summed E-state index contributed by atoms with van der Waals surface area (Å²) in [7, 11) is 0. The maximum absolute atomic E-state index is 6.10. The monoisotopic (exact) mass is 631 g/mol. The molecule has 1 fully saturated rings. The summed E-state index contributed by atoms with van der Waals surface area (Å²) in [5.74, 6) is 1.94. The van der Waals surface area contributed by atoms with Gasteiger partial charge in [0.05, 0.1) is 0 Å². The van der Waals surface area contributed by atoms with Crippen molar-refractivity contribution in [1.82, 2.24) is 15.0 Å². The van der Waals surface area contributed by atoms with Crippen molar-refractivity contribution in [2.75, 3.05) is 0 Å². The Morgan fingerprint density at radius 3 is 1.84 bits per heavy atom. The Morgan fingerprint density at radius 1 is 0.429 bits per heavy atom. The van der Waals surface area contributed by atoms with E-state index < -0.39 is 0 Å². The number of aromatic nitrogens is 3. The highest BCUT2D eigenvalue weighted by Gasteiger charge is 2.44. The van der Waals surface area contributed by atoms with Crippen LogP contribution in [0.1, 0.15) is 43.2 Å². The van der Waals surface area contributed by atoms with Crippen molar-refractivity contribution in [3.8, 4) is 56.4 Å². The molecular formula is C45H33N3O. The van der Waals surface area contributed by atoms with Crippen LogP contribution in [0.15, 0.2) is 144 Å². The first-order valence-electron chi connectivity index (χ1n) is 17.3. The molecule has 0 saturated heterocycles. The Kier molecular flexibility index (Phi) is 6.38. The molecule has 0 amide bonds. The molecule has 10 rings (SSSR count). The van der Waals surface area contributed by atoms with Crippen LogP contribution in [-0.2, 0) is 5.41 Å². The SMILES string of the molecule is c1ccc(-c2nc(-c3ccc(-c4cccc5c4-c4ccccc4C54CCCCC4)cc3)nc(-c3ccc4oc5ccccc5c4c3)n2)cc1. The van der Waals surface area contributed by atoms with Crippen molar-refractivity contribution < 1.29 is 4.42 Å². The van der Waals surface area contributed by atoms with Gasteiger partial charge in [0, 0.05) is 32.9 Å². The van der Waals surface area contributed by atoms with E-state index in [1.165, 1.54) is 65.5 Å². The molecule has 2 aromatic heterocycles. The van der Waals surface area contributed by atoms with Gasteiger partial charge in [0.2, 0.25) is 0 Å². The Labute approximate surface area is 285 Å². The molecule has 234 valence electrons. The van der Waals surface area contributed by atoms with E-state index in [2.05, 4.69) is 78.9 Å². The molecule has 0 N–H and O–H groups in total. The van der Waals surface area contributed by atoms with E-state index in [1.807, 2.05) is 60.7 Å². The summed E-state index contributed by atoms with van der Waals surface area (Å²) in [6, 6.07) is 49.3. The highest BCUT2D eigenvalue weighted by atomic mass is 16.3. The lowest BCUT2D eigenvalue weighted by Gasteiger charge is -2.36. The number of furan rings is 1. The lowest BCUT2D eigenvalue weighted by Crippen LogP contribution is -2.27. The van der Waals surface area contributed by atoms with E-state index in [9.17, 15) is 0 Å². The smallest absolute Gasteiger partial charge is 0.164 e. The fourth-order valence-electron chi connectivity index (χ4n) is 8.45. The maximum atomic E-state index is 6.10. The quantitative estimate of drug-likeness (QED) is 0.194. The number of para-hydroxylation sites is 1. The normalized spacial score (nSPS) is 14.7. The van der Waals surface area contributed by atoms with E-state index in [1.54, 1.807) is 0 Å². The number of hydrogen-bond acceptors (Lipinski definition) is 4. The van der Waals surface area contributed by atoms with E-state index in [0.29, 0.717) is 17.5 Å². The molecule has 49 heavy (non-hydrogen) atoms. The van der Waals surface area contributed by atoms with Gasteiger partial charge in [-0.05, 0) is 70.5 Å². The highest BCUT2D eigenvalue weighted by Crippen LogP contribution is 2.57.